The van der Waals surface area contributed by atoms with Gasteiger partial charge in [0.15, 0.2) is 6.10 Å². The fourth-order valence-electron chi connectivity index (χ4n) is 2.33. The van der Waals surface area contributed by atoms with Crippen LogP contribution in [0.5, 0.6) is 0 Å². The molecule has 29 heavy (non-hydrogen) atoms. The molecule has 1 amide bonds. The summed E-state index contributed by atoms with van der Waals surface area (Å²) in [5, 5.41) is 0.431. The lowest BCUT2D eigenvalue weighted by Crippen LogP contribution is -2.33. The molecule has 0 aliphatic heterocycles. The molecule has 0 saturated heterocycles. The Morgan fingerprint density at radius 2 is 1.69 bits per heavy atom. The second-order valence-electron chi connectivity index (χ2n) is 6.00. The van der Waals surface area contributed by atoms with Crippen LogP contribution in [-0.2, 0) is 24.3 Å². The van der Waals surface area contributed by atoms with E-state index in [0.29, 0.717) is 10.6 Å². The summed E-state index contributed by atoms with van der Waals surface area (Å²) in [5.41, 5.74) is 1.06. The van der Waals surface area contributed by atoms with Gasteiger partial charge in [0.05, 0.1) is 17.1 Å². The minimum atomic E-state index is -4.16. The number of rotatable bonds is 7. The van der Waals surface area contributed by atoms with Crippen molar-refractivity contribution in [3.8, 4) is 0 Å². The molecular formula is C20H20ClNO6S. The lowest BCUT2D eigenvalue weighted by Gasteiger charge is -2.20. The summed E-state index contributed by atoms with van der Waals surface area (Å²) >= 11 is 5.87. The fraction of sp³-hybridized carbons (Fsp3) is 0.200. The molecule has 7 nitrogen and oxygen atoms in total. The van der Waals surface area contributed by atoms with Gasteiger partial charge in [0.1, 0.15) is 0 Å². The average molecular weight is 438 g/mol. The smallest absolute Gasteiger partial charge is 0.422 e. The molecule has 0 aliphatic carbocycles. The van der Waals surface area contributed by atoms with Gasteiger partial charge in [-0.1, -0.05) is 48.0 Å². The third-order valence-corrected chi connectivity index (χ3v) is 5.38. The van der Waals surface area contributed by atoms with E-state index in [1.54, 1.807) is 26.0 Å². The summed E-state index contributed by atoms with van der Waals surface area (Å²) in [6.45, 7) is 7.14. The van der Waals surface area contributed by atoms with Gasteiger partial charge in [-0.25, -0.2) is 22.7 Å². The fourth-order valence-corrected chi connectivity index (χ4v) is 3.33. The van der Waals surface area contributed by atoms with E-state index in [4.69, 9.17) is 21.1 Å². The number of ether oxygens (including phenoxy) is 2. The van der Waals surface area contributed by atoms with Gasteiger partial charge in [-0.3, -0.25) is 0 Å². The van der Waals surface area contributed by atoms with Gasteiger partial charge in [0, 0.05) is 5.02 Å². The standard InChI is InChI=1S/C20H20ClNO6S/c1-4-27-19(23)14(3)18(15-7-9-16(21)10-8-15)28-20(24)22-29(25,26)17-11-5-13(2)6-12-17/h5-12,18H,3-4H2,1-2H3,(H,22,24). The number of aryl methyl sites for hydroxylation is 1. The number of halogens is 1. The van der Waals surface area contributed by atoms with Gasteiger partial charge in [0.25, 0.3) is 10.0 Å². The van der Waals surface area contributed by atoms with E-state index in [1.165, 1.54) is 36.4 Å². The molecule has 1 unspecified atom stereocenters. The molecule has 0 aromatic heterocycles. The predicted octanol–water partition coefficient (Wildman–Crippen LogP) is 3.92. The van der Waals surface area contributed by atoms with E-state index in [0.717, 1.165) is 5.56 Å². The van der Waals surface area contributed by atoms with Crippen molar-refractivity contribution in [1.82, 2.24) is 4.72 Å². The maximum atomic E-state index is 12.4. The molecule has 0 bridgehead atoms. The number of sulfonamides is 1. The second kappa shape index (κ2) is 9.58. The summed E-state index contributed by atoms with van der Waals surface area (Å²) < 4.78 is 36.7. The van der Waals surface area contributed by atoms with Crippen molar-refractivity contribution in [2.75, 3.05) is 6.61 Å². The molecule has 0 fully saturated rings. The Bertz CT molecular complexity index is 1000. The largest absolute Gasteiger partial charge is 0.463 e. The Kier molecular flexibility index (Phi) is 7.41. The van der Waals surface area contributed by atoms with Gasteiger partial charge in [-0.2, -0.15) is 0 Å². The van der Waals surface area contributed by atoms with E-state index in [2.05, 4.69) is 6.58 Å². The van der Waals surface area contributed by atoms with E-state index in [1.807, 2.05) is 4.72 Å². The van der Waals surface area contributed by atoms with Crippen LogP contribution >= 0.6 is 11.6 Å². The topological polar surface area (TPSA) is 98.8 Å². The number of esters is 1. The summed E-state index contributed by atoms with van der Waals surface area (Å²) in [6.07, 6.45) is -2.53. The zero-order valence-electron chi connectivity index (χ0n) is 15.8. The van der Waals surface area contributed by atoms with E-state index in [-0.39, 0.29) is 17.1 Å². The van der Waals surface area contributed by atoms with E-state index in [9.17, 15) is 18.0 Å². The molecule has 2 aromatic rings. The minimum Gasteiger partial charge on any atom is -0.463 e. The number of nitrogens with one attached hydrogen (secondary N) is 1. The molecule has 1 atom stereocenters. The Balaban J connectivity index is 2.24. The number of carbonyl (C=O) groups is 2. The molecule has 0 aliphatic rings. The summed E-state index contributed by atoms with van der Waals surface area (Å²) in [4.78, 5) is 24.3. The molecule has 0 spiro atoms. The van der Waals surface area contributed by atoms with Gasteiger partial charge in [-0.05, 0) is 43.7 Å². The average Bonchev–Trinajstić information content (AvgIpc) is 2.66. The van der Waals surface area contributed by atoms with Crippen molar-refractivity contribution in [2.24, 2.45) is 0 Å². The lowest BCUT2D eigenvalue weighted by atomic mass is 10.0. The van der Waals surface area contributed by atoms with Gasteiger partial charge >= 0.3 is 12.1 Å². The van der Waals surface area contributed by atoms with Crippen LogP contribution in [0.3, 0.4) is 0 Å². The maximum absolute atomic E-state index is 12.4. The van der Waals surface area contributed by atoms with Crippen molar-refractivity contribution in [3.05, 3.63) is 76.8 Å². The zero-order chi connectivity index (χ0) is 21.6. The molecule has 2 rings (SSSR count). The number of carbonyl (C=O) groups excluding carboxylic acids is 2. The Hall–Kier alpha value is -2.84. The first kappa shape index (κ1) is 22.4. The number of hydrogen-bond donors (Lipinski definition) is 1. The zero-order valence-corrected chi connectivity index (χ0v) is 17.4. The first-order chi connectivity index (χ1) is 13.6. The van der Waals surface area contributed by atoms with Gasteiger partial charge in [-0.15, -0.1) is 0 Å². The van der Waals surface area contributed by atoms with Crippen molar-refractivity contribution >= 4 is 33.7 Å². The van der Waals surface area contributed by atoms with Crippen LogP contribution in [0.25, 0.3) is 0 Å². The highest BCUT2D eigenvalue weighted by atomic mass is 35.5. The molecular weight excluding hydrogens is 418 g/mol. The highest BCUT2D eigenvalue weighted by Crippen LogP contribution is 2.27. The minimum absolute atomic E-state index is 0.0964. The van der Waals surface area contributed by atoms with E-state index >= 15 is 0 Å². The van der Waals surface area contributed by atoms with Gasteiger partial charge in [0.2, 0.25) is 0 Å². The van der Waals surface area contributed by atoms with Crippen LogP contribution in [0.2, 0.25) is 5.02 Å². The molecule has 0 heterocycles. The number of amides is 1. The molecule has 1 N–H and O–H groups in total. The predicted molar refractivity (Wildman–Crippen MR) is 108 cm³/mol. The molecule has 154 valence electrons. The molecule has 0 radical (unpaired) electrons. The number of benzene rings is 2. The SMILES string of the molecule is C=C(C(=O)OCC)C(OC(=O)NS(=O)(=O)c1ccc(C)cc1)c1ccc(Cl)cc1. The third-order valence-electron chi connectivity index (χ3n) is 3.80. The molecule has 0 saturated carbocycles. The summed E-state index contributed by atoms with van der Waals surface area (Å²) in [6, 6.07) is 12.0. The molecule has 2 aromatic carbocycles. The Morgan fingerprint density at radius 3 is 2.24 bits per heavy atom. The lowest BCUT2D eigenvalue weighted by molar-refractivity contribution is -0.139. The van der Waals surface area contributed by atoms with Crippen molar-refractivity contribution in [2.45, 2.75) is 24.8 Å². The molecule has 9 heteroatoms. The van der Waals surface area contributed by atoms with Crippen LogP contribution in [0.15, 0.2) is 65.6 Å². The first-order valence-electron chi connectivity index (χ1n) is 8.55. The Labute approximate surface area is 174 Å². The van der Waals surface area contributed by atoms with Crippen molar-refractivity contribution in [3.63, 3.8) is 0 Å². The summed E-state index contributed by atoms with van der Waals surface area (Å²) in [5.74, 6) is -0.776. The quantitative estimate of drug-likeness (QED) is 0.520. The van der Waals surface area contributed by atoms with Crippen LogP contribution < -0.4 is 4.72 Å². The monoisotopic (exact) mass is 437 g/mol. The van der Waals surface area contributed by atoms with Crippen LogP contribution in [0, 0.1) is 6.92 Å². The third kappa shape index (κ3) is 6.07. The highest BCUT2D eigenvalue weighted by molar-refractivity contribution is 7.90. The van der Waals surface area contributed by atoms with Crippen molar-refractivity contribution in [1.29, 1.82) is 0 Å². The van der Waals surface area contributed by atoms with Gasteiger partial charge < -0.3 is 9.47 Å². The van der Waals surface area contributed by atoms with E-state index < -0.39 is 28.2 Å². The Morgan fingerprint density at radius 1 is 1.10 bits per heavy atom. The first-order valence-corrected chi connectivity index (χ1v) is 10.4. The van der Waals surface area contributed by atoms with Crippen LogP contribution in [0.1, 0.15) is 24.2 Å². The van der Waals surface area contributed by atoms with Crippen molar-refractivity contribution < 1.29 is 27.5 Å². The van der Waals surface area contributed by atoms with Crippen LogP contribution in [-0.4, -0.2) is 27.1 Å². The second-order valence-corrected chi connectivity index (χ2v) is 8.12. The highest BCUT2D eigenvalue weighted by Gasteiger charge is 2.28. The maximum Gasteiger partial charge on any atom is 0.422 e. The number of hydrogen-bond acceptors (Lipinski definition) is 6. The van der Waals surface area contributed by atoms with Crippen LogP contribution in [0.4, 0.5) is 4.79 Å². The normalized spacial score (nSPS) is 12.0. The summed E-state index contributed by atoms with van der Waals surface area (Å²) in [7, 11) is -4.16.